The number of hydrogen-bond donors (Lipinski definition) is 2. The Morgan fingerprint density at radius 2 is 2.22 bits per heavy atom. The standard InChI is InChI=1S/C15H28N4O3S/c1-12-15(13(2)18-17-12)7-4-8-16-23(20,21)19-9-5-6-14(10-19)11-22-3/h14,16H,4-11H2,1-3H3,(H,17,18). The third-order valence-corrected chi connectivity index (χ3v) is 5.97. The zero-order chi connectivity index (χ0) is 16.9. The molecule has 1 unspecified atom stereocenters. The third kappa shape index (κ3) is 5.00. The van der Waals surface area contributed by atoms with E-state index in [1.165, 1.54) is 5.56 Å². The van der Waals surface area contributed by atoms with Gasteiger partial charge in [0.1, 0.15) is 0 Å². The smallest absolute Gasteiger partial charge is 0.279 e. The Balaban J connectivity index is 1.79. The lowest BCUT2D eigenvalue weighted by Crippen LogP contribution is -2.47. The zero-order valence-electron chi connectivity index (χ0n) is 14.3. The second-order valence-electron chi connectivity index (χ2n) is 6.24. The highest BCUT2D eigenvalue weighted by Gasteiger charge is 2.28. The Kier molecular flexibility index (Phi) is 6.58. The SMILES string of the molecule is COCC1CCCN(S(=O)(=O)NCCCc2c(C)n[nH]c2C)C1. The first-order valence-corrected chi connectivity index (χ1v) is 9.62. The summed E-state index contributed by atoms with van der Waals surface area (Å²) in [6, 6.07) is 0. The average molecular weight is 344 g/mol. The molecular formula is C15H28N4O3S. The van der Waals surface area contributed by atoms with Crippen LogP contribution < -0.4 is 4.72 Å². The van der Waals surface area contributed by atoms with Gasteiger partial charge in [-0.2, -0.15) is 17.8 Å². The predicted octanol–water partition coefficient (Wildman–Crippen LogP) is 1.15. The molecular weight excluding hydrogens is 316 g/mol. The quantitative estimate of drug-likeness (QED) is 0.693. The topological polar surface area (TPSA) is 87.3 Å². The first-order chi connectivity index (χ1) is 10.9. The number of nitrogens with zero attached hydrogens (tertiary/aromatic N) is 2. The highest BCUT2D eigenvalue weighted by atomic mass is 32.2. The van der Waals surface area contributed by atoms with E-state index in [2.05, 4.69) is 14.9 Å². The second kappa shape index (κ2) is 8.23. The van der Waals surface area contributed by atoms with Crippen LogP contribution in [0, 0.1) is 19.8 Å². The van der Waals surface area contributed by atoms with Gasteiger partial charge < -0.3 is 4.74 Å². The van der Waals surface area contributed by atoms with Crippen LogP contribution in [0.25, 0.3) is 0 Å². The molecule has 1 aliphatic heterocycles. The van der Waals surface area contributed by atoms with E-state index in [0.717, 1.165) is 37.1 Å². The average Bonchev–Trinajstić information content (AvgIpc) is 2.83. The normalized spacial score (nSPS) is 20.0. The van der Waals surface area contributed by atoms with Crippen molar-refractivity contribution in [1.82, 2.24) is 19.2 Å². The van der Waals surface area contributed by atoms with Gasteiger partial charge in [-0.15, -0.1) is 0 Å². The molecule has 1 aromatic rings. The maximum Gasteiger partial charge on any atom is 0.279 e. The molecule has 23 heavy (non-hydrogen) atoms. The molecule has 1 aliphatic rings. The van der Waals surface area contributed by atoms with E-state index in [1.807, 2.05) is 13.8 Å². The molecule has 1 aromatic heterocycles. The molecule has 0 aromatic carbocycles. The van der Waals surface area contributed by atoms with Gasteiger partial charge in [0.05, 0.1) is 12.3 Å². The van der Waals surface area contributed by atoms with Crippen molar-refractivity contribution in [1.29, 1.82) is 0 Å². The van der Waals surface area contributed by atoms with Crippen LogP contribution in [0.4, 0.5) is 0 Å². The van der Waals surface area contributed by atoms with Crippen molar-refractivity contribution < 1.29 is 13.2 Å². The fraction of sp³-hybridized carbons (Fsp3) is 0.800. The first-order valence-electron chi connectivity index (χ1n) is 8.18. The minimum atomic E-state index is -3.39. The van der Waals surface area contributed by atoms with Gasteiger partial charge in [0.25, 0.3) is 10.2 Å². The van der Waals surface area contributed by atoms with E-state index in [0.29, 0.717) is 32.2 Å². The molecule has 0 bridgehead atoms. The molecule has 2 N–H and O–H groups in total. The maximum absolute atomic E-state index is 12.4. The minimum Gasteiger partial charge on any atom is -0.384 e. The fourth-order valence-electron chi connectivity index (χ4n) is 3.12. The molecule has 1 saturated heterocycles. The van der Waals surface area contributed by atoms with Gasteiger partial charge in [0, 0.05) is 32.4 Å². The van der Waals surface area contributed by atoms with Crippen LogP contribution in [0.15, 0.2) is 0 Å². The van der Waals surface area contributed by atoms with Crippen LogP contribution in [-0.2, 0) is 21.4 Å². The molecule has 132 valence electrons. The lowest BCUT2D eigenvalue weighted by Gasteiger charge is -2.31. The fourth-order valence-corrected chi connectivity index (χ4v) is 4.48. The van der Waals surface area contributed by atoms with Gasteiger partial charge in [0.2, 0.25) is 0 Å². The largest absolute Gasteiger partial charge is 0.384 e. The molecule has 0 spiro atoms. The molecule has 1 fully saturated rings. The summed E-state index contributed by atoms with van der Waals surface area (Å²) in [6.07, 6.45) is 3.50. The number of piperidine rings is 1. The molecule has 7 nitrogen and oxygen atoms in total. The molecule has 1 atom stereocenters. The van der Waals surface area contributed by atoms with E-state index in [1.54, 1.807) is 11.4 Å². The van der Waals surface area contributed by atoms with E-state index < -0.39 is 10.2 Å². The second-order valence-corrected chi connectivity index (χ2v) is 7.99. The molecule has 0 amide bonds. The van der Waals surface area contributed by atoms with E-state index in [4.69, 9.17) is 4.74 Å². The predicted molar refractivity (Wildman–Crippen MR) is 89.5 cm³/mol. The van der Waals surface area contributed by atoms with Crippen molar-refractivity contribution in [3.63, 3.8) is 0 Å². The Morgan fingerprint density at radius 3 is 2.87 bits per heavy atom. The number of methoxy groups -OCH3 is 1. The number of rotatable bonds is 8. The van der Waals surface area contributed by atoms with Gasteiger partial charge in [-0.25, -0.2) is 4.72 Å². The Hall–Kier alpha value is -0.960. The number of H-pyrrole nitrogens is 1. The van der Waals surface area contributed by atoms with Crippen LogP contribution in [-0.4, -0.2) is 56.3 Å². The van der Waals surface area contributed by atoms with Crippen LogP contribution >= 0.6 is 0 Å². The summed E-state index contributed by atoms with van der Waals surface area (Å²) in [5.74, 6) is 0.293. The highest BCUT2D eigenvalue weighted by Crippen LogP contribution is 2.19. The lowest BCUT2D eigenvalue weighted by atomic mass is 10.0. The van der Waals surface area contributed by atoms with Crippen LogP contribution in [0.1, 0.15) is 36.2 Å². The van der Waals surface area contributed by atoms with Gasteiger partial charge in [-0.05, 0) is 51.0 Å². The summed E-state index contributed by atoms with van der Waals surface area (Å²) in [4.78, 5) is 0. The van der Waals surface area contributed by atoms with E-state index in [9.17, 15) is 8.42 Å². The first kappa shape index (κ1) is 18.4. The highest BCUT2D eigenvalue weighted by molar-refractivity contribution is 7.87. The van der Waals surface area contributed by atoms with Crippen molar-refractivity contribution >= 4 is 10.2 Å². The summed E-state index contributed by atoms with van der Waals surface area (Å²) in [6.45, 7) is 6.15. The summed E-state index contributed by atoms with van der Waals surface area (Å²) >= 11 is 0. The molecule has 2 heterocycles. The van der Waals surface area contributed by atoms with Gasteiger partial charge in [-0.1, -0.05) is 0 Å². The Labute approximate surface area is 139 Å². The van der Waals surface area contributed by atoms with Crippen molar-refractivity contribution in [3.8, 4) is 0 Å². The van der Waals surface area contributed by atoms with E-state index >= 15 is 0 Å². The molecule has 0 aliphatic carbocycles. The molecule has 2 rings (SSSR count). The van der Waals surface area contributed by atoms with Gasteiger partial charge >= 0.3 is 0 Å². The monoisotopic (exact) mass is 344 g/mol. The van der Waals surface area contributed by atoms with Crippen molar-refractivity contribution in [2.45, 2.75) is 39.5 Å². The van der Waals surface area contributed by atoms with Crippen molar-refractivity contribution in [2.75, 3.05) is 33.4 Å². The number of aromatic amines is 1. The summed E-state index contributed by atoms with van der Waals surface area (Å²) < 4.78 is 34.2. The van der Waals surface area contributed by atoms with Crippen LogP contribution in [0.5, 0.6) is 0 Å². The van der Waals surface area contributed by atoms with Crippen molar-refractivity contribution in [3.05, 3.63) is 17.0 Å². The Bertz CT molecular complexity index is 578. The zero-order valence-corrected chi connectivity index (χ0v) is 15.1. The number of nitrogens with one attached hydrogen (secondary N) is 2. The van der Waals surface area contributed by atoms with Gasteiger partial charge in [-0.3, -0.25) is 5.10 Å². The van der Waals surface area contributed by atoms with E-state index in [-0.39, 0.29) is 0 Å². The molecule has 8 heteroatoms. The lowest BCUT2D eigenvalue weighted by molar-refractivity contribution is 0.118. The molecule has 0 radical (unpaired) electrons. The van der Waals surface area contributed by atoms with Crippen molar-refractivity contribution in [2.24, 2.45) is 5.92 Å². The number of aryl methyl sites for hydroxylation is 2. The molecule has 0 saturated carbocycles. The number of hydrogen-bond acceptors (Lipinski definition) is 4. The maximum atomic E-state index is 12.4. The summed E-state index contributed by atoms with van der Waals surface area (Å²) in [5.41, 5.74) is 3.23. The van der Waals surface area contributed by atoms with Gasteiger partial charge in [0.15, 0.2) is 0 Å². The third-order valence-electron chi connectivity index (χ3n) is 4.39. The Morgan fingerprint density at radius 1 is 1.43 bits per heavy atom. The number of ether oxygens (including phenoxy) is 1. The number of aromatic nitrogens is 2. The van der Waals surface area contributed by atoms with Crippen LogP contribution in [0.2, 0.25) is 0 Å². The summed E-state index contributed by atoms with van der Waals surface area (Å²) in [7, 11) is -1.73. The minimum absolute atomic E-state index is 0.293. The summed E-state index contributed by atoms with van der Waals surface area (Å²) in [5, 5.41) is 7.11. The van der Waals surface area contributed by atoms with Crippen LogP contribution in [0.3, 0.4) is 0 Å².